The Kier molecular flexibility index (Phi) is 8.84. The van der Waals surface area contributed by atoms with E-state index >= 15 is 0 Å². The van der Waals surface area contributed by atoms with Crippen LogP contribution in [0.5, 0.6) is 17.2 Å². The van der Waals surface area contributed by atoms with E-state index in [1.165, 1.54) is 0 Å². The van der Waals surface area contributed by atoms with E-state index in [1.54, 1.807) is 26.5 Å². The van der Waals surface area contributed by atoms with Crippen molar-refractivity contribution < 1.29 is 29.7 Å². The summed E-state index contributed by atoms with van der Waals surface area (Å²) >= 11 is 3.66. The summed E-state index contributed by atoms with van der Waals surface area (Å²) in [7, 11) is 7.43. The SMILES string of the molecule is COc1cc(C=Nc2cccc(C(C)C)c2O)cc(C)c1OC.[Cl][Cu]. The molecule has 6 heteroatoms. The summed E-state index contributed by atoms with van der Waals surface area (Å²) < 4.78 is 10.7. The molecular weight excluding hydrogens is 389 g/mol. The zero-order valence-electron chi connectivity index (χ0n) is 14.9. The second-order valence-electron chi connectivity index (χ2n) is 5.70. The molecule has 0 spiro atoms. The predicted octanol–water partition coefficient (Wildman–Crippen LogP) is 5.28. The number of methoxy groups -OCH3 is 2. The average molecular weight is 412 g/mol. The van der Waals surface area contributed by atoms with Crippen LogP contribution in [0.25, 0.3) is 0 Å². The first-order valence-corrected chi connectivity index (χ1v) is 8.97. The second-order valence-corrected chi connectivity index (χ2v) is 5.70. The van der Waals surface area contributed by atoms with Gasteiger partial charge in [-0.25, -0.2) is 0 Å². The second kappa shape index (κ2) is 10.3. The van der Waals surface area contributed by atoms with Gasteiger partial charge < -0.3 is 14.6 Å². The summed E-state index contributed by atoms with van der Waals surface area (Å²) in [4.78, 5) is 4.42. The van der Waals surface area contributed by atoms with Crippen LogP contribution in [0.3, 0.4) is 0 Å². The fourth-order valence-electron chi connectivity index (χ4n) is 2.52. The molecule has 0 atom stereocenters. The predicted molar refractivity (Wildman–Crippen MR) is 99.6 cm³/mol. The Morgan fingerprint density at radius 2 is 1.84 bits per heavy atom. The van der Waals surface area contributed by atoms with E-state index in [1.807, 2.05) is 45.0 Å². The maximum atomic E-state index is 10.3. The molecule has 0 saturated carbocycles. The van der Waals surface area contributed by atoms with Crippen LogP contribution in [-0.2, 0) is 15.1 Å². The van der Waals surface area contributed by atoms with Crippen LogP contribution in [0.4, 0.5) is 5.69 Å². The van der Waals surface area contributed by atoms with Crippen LogP contribution in [-0.4, -0.2) is 25.5 Å². The van der Waals surface area contributed by atoms with Gasteiger partial charge in [-0.2, -0.15) is 0 Å². The van der Waals surface area contributed by atoms with Crippen LogP contribution in [0.2, 0.25) is 0 Å². The Morgan fingerprint density at radius 1 is 1.16 bits per heavy atom. The normalized spacial score (nSPS) is 10.6. The van der Waals surface area contributed by atoms with Crippen molar-refractivity contribution in [3.63, 3.8) is 0 Å². The fraction of sp³-hybridized carbons (Fsp3) is 0.316. The molecule has 0 amide bonds. The Balaban J connectivity index is 0.00000151. The molecule has 0 radical (unpaired) electrons. The number of phenols is 1. The number of rotatable bonds is 5. The van der Waals surface area contributed by atoms with Crippen molar-refractivity contribution in [2.75, 3.05) is 14.2 Å². The Labute approximate surface area is 161 Å². The maximum absolute atomic E-state index is 10.3. The van der Waals surface area contributed by atoms with Crippen molar-refractivity contribution in [1.29, 1.82) is 0 Å². The van der Waals surface area contributed by atoms with E-state index in [9.17, 15) is 5.11 Å². The van der Waals surface area contributed by atoms with Gasteiger partial charge in [0, 0.05) is 6.21 Å². The van der Waals surface area contributed by atoms with Gasteiger partial charge in [0.1, 0.15) is 11.4 Å². The van der Waals surface area contributed by atoms with E-state index in [4.69, 9.17) is 9.47 Å². The van der Waals surface area contributed by atoms with Crippen LogP contribution in [0, 0.1) is 6.92 Å². The van der Waals surface area contributed by atoms with Gasteiger partial charge in [-0.3, -0.25) is 4.99 Å². The van der Waals surface area contributed by atoms with Gasteiger partial charge in [-0.15, -0.1) is 0 Å². The molecule has 0 aromatic heterocycles. The number of aliphatic imine (C=N–C) groups is 1. The molecule has 2 aromatic rings. The number of para-hydroxylation sites is 1. The summed E-state index contributed by atoms with van der Waals surface area (Å²) in [5.74, 6) is 1.85. The number of hydrogen-bond donors (Lipinski definition) is 1. The van der Waals surface area contributed by atoms with E-state index in [0.29, 0.717) is 17.2 Å². The van der Waals surface area contributed by atoms with Crippen LogP contribution in [0.15, 0.2) is 35.3 Å². The molecule has 2 rings (SSSR count). The number of nitrogens with zero attached hydrogens (tertiary/aromatic N) is 1. The zero-order valence-corrected chi connectivity index (χ0v) is 16.6. The number of benzene rings is 2. The van der Waals surface area contributed by atoms with Crippen molar-refractivity contribution >= 4 is 22.0 Å². The van der Waals surface area contributed by atoms with E-state index in [-0.39, 0.29) is 11.7 Å². The molecule has 0 saturated heterocycles. The molecule has 0 bridgehead atoms. The Hall–Kier alpha value is -1.68. The molecule has 4 nitrogen and oxygen atoms in total. The van der Waals surface area contributed by atoms with E-state index in [2.05, 4.69) is 30.2 Å². The quantitative estimate of drug-likeness (QED) is 0.537. The van der Waals surface area contributed by atoms with Gasteiger partial charge in [-0.05, 0) is 47.7 Å². The molecule has 0 heterocycles. The first kappa shape index (κ1) is 21.4. The molecular formula is C19H23ClCuNO3. The van der Waals surface area contributed by atoms with Crippen LogP contribution < -0.4 is 9.47 Å². The summed E-state index contributed by atoms with van der Waals surface area (Å²) in [5.41, 5.74) is 3.30. The average Bonchev–Trinajstić information content (AvgIpc) is 2.61. The van der Waals surface area contributed by atoms with E-state index in [0.717, 1.165) is 16.7 Å². The van der Waals surface area contributed by atoms with Gasteiger partial charge in [0.25, 0.3) is 0 Å². The molecule has 0 fully saturated rings. The fourth-order valence-corrected chi connectivity index (χ4v) is 2.52. The molecule has 2 aromatic carbocycles. The summed E-state index contributed by atoms with van der Waals surface area (Å²) in [6, 6.07) is 9.44. The molecule has 0 aliphatic heterocycles. The molecule has 0 unspecified atom stereocenters. The molecule has 0 aliphatic rings. The molecule has 0 aliphatic carbocycles. The monoisotopic (exact) mass is 411 g/mol. The molecule has 1 N–H and O–H groups in total. The number of aryl methyl sites for hydroxylation is 1. The summed E-state index contributed by atoms with van der Waals surface area (Å²) in [6.45, 7) is 6.04. The third kappa shape index (κ3) is 5.40. The van der Waals surface area contributed by atoms with Crippen LogP contribution in [0.1, 0.15) is 36.5 Å². The van der Waals surface area contributed by atoms with Crippen molar-refractivity contribution in [3.8, 4) is 17.2 Å². The summed E-state index contributed by atoms with van der Waals surface area (Å²) in [6.07, 6.45) is 1.72. The van der Waals surface area contributed by atoms with Crippen molar-refractivity contribution in [2.24, 2.45) is 4.99 Å². The molecule has 25 heavy (non-hydrogen) atoms. The van der Waals surface area contributed by atoms with Gasteiger partial charge in [0.15, 0.2) is 11.5 Å². The minimum atomic E-state index is 0.232. The standard InChI is InChI=1S/C19H23NO3.ClH.Cu/c1-12(2)15-7-6-8-16(18(15)21)20-11-14-9-13(3)19(23-5)17(10-14)22-4;;/h6-12,21H,1-5H3;1H;/q;;+1/p-1. The number of phenolic OH excluding ortho intramolecular Hbond substituents is 1. The van der Waals surface area contributed by atoms with Crippen molar-refractivity contribution in [2.45, 2.75) is 26.7 Å². The minimum absolute atomic E-state index is 0.232. The van der Waals surface area contributed by atoms with Gasteiger partial charge >= 0.3 is 25.2 Å². The first-order chi connectivity index (χ1) is 12.0. The Morgan fingerprint density at radius 3 is 2.40 bits per heavy atom. The zero-order chi connectivity index (χ0) is 19.0. The third-order valence-corrected chi connectivity index (χ3v) is 3.71. The topological polar surface area (TPSA) is 51.0 Å². The molecule has 140 valence electrons. The number of aromatic hydroxyl groups is 1. The number of halogens is 1. The third-order valence-electron chi connectivity index (χ3n) is 3.71. The summed E-state index contributed by atoms with van der Waals surface area (Å²) in [5, 5.41) is 10.3. The number of hydrogen-bond acceptors (Lipinski definition) is 4. The van der Waals surface area contributed by atoms with Crippen LogP contribution >= 0.6 is 10.1 Å². The number of ether oxygens (including phenoxy) is 2. The van der Waals surface area contributed by atoms with Gasteiger partial charge in [-0.1, -0.05) is 26.0 Å². The van der Waals surface area contributed by atoms with Gasteiger partial charge in [0.05, 0.1) is 14.2 Å². The van der Waals surface area contributed by atoms with Gasteiger partial charge in [0.2, 0.25) is 0 Å². The van der Waals surface area contributed by atoms with Crippen molar-refractivity contribution in [3.05, 3.63) is 47.0 Å². The first-order valence-electron chi connectivity index (χ1n) is 7.67. The van der Waals surface area contributed by atoms with Crippen molar-refractivity contribution in [1.82, 2.24) is 0 Å². The Bertz CT molecular complexity index is 733. The van der Waals surface area contributed by atoms with E-state index < -0.39 is 0 Å².